The SMILES string of the molecule is CCN(CCc1ccncc1)C(=O)N/C=C/c1ccccc1OC. The van der Waals surface area contributed by atoms with E-state index in [1.54, 1.807) is 30.6 Å². The van der Waals surface area contributed by atoms with E-state index in [0.29, 0.717) is 13.1 Å². The number of hydrogen-bond donors (Lipinski definition) is 1. The molecule has 1 N–H and O–H groups in total. The van der Waals surface area contributed by atoms with Crippen molar-refractivity contribution in [3.05, 3.63) is 66.1 Å². The molecule has 0 fully saturated rings. The van der Waals surface area contributed by atoms with Gasteiger partial charge in [0.1, 0.15) is 5.75 Å². The van der Waals surface area contributed by atoms with Crippen LogP contribution in [0.3, 0.4) is 0 Å². The van der Waals surface area contributed by atoms with E-state index in [0.717, 1.165) is 17.7 Å². The summed E-state index contributed by atoms with van der Waals surface area (Å²) in [7, 11) is 1.63. The minimum atomic E-state index is -0.113. The Morgan fingerprint density at radius 1 is 1.25 bits per heavy atom. The van der Waals surface area contributed by atoms with Gasteiger partial charge in [0.05, 0.1) is 7.11 Å². The quantitative estimate of drug-likeness (QED) is 0.849. The van der Waals surface area contributed by atoms with Crippen molar-refractivity contribution in [1.29, 1.82) is 0 Å². The Kier molecular flexibility index (Phi) is 6.83. The summed E-state index contributed by atoms with van der Waals surface area (Å²) in [5.41, 5.74) is 2.08. The number of nitrogens with zero attached hydrogens (tertiary/aromatic N) is 2. The summed E-state index contributed by atoms with van der Waals surface area (Å²) < 4.78 is 5.28. The second-order valence-electron chi connectivity index (χ2n) is 5.21. The molecular weight excluding hydrogens is 302 g/mol. The number of para-hydroxylation sites is 1. The molecule has 0 saturated heterocycles. The minimum absolute atomic E-state index is 0.113. The highest BCUT2D eigenvalue weighted by molar-refractivity contribution is 5.76. The van der Waals surface area contributed by atoms with E-state index in [2.05, 4.69) is 10.3 Å². The van der Waals surface area contributed by atoms with Gasteiger partial charge in [0.2, 0.25) is 0 Å². The smallest absolute Gasteiger partial charge is 0.321 e. The predicted molar refractivity (Wildman–Crippen MR) is 95.7 cm³/mol. The third kappa shape index (κ3) is 5.12. The summed E-state index contributed by atoms with van der Waals surface area (Å²) in [5.74, 6) is 0.771. The lowest BCUT2D eigenvalue weighted by atomic mass is 10.2. The molecule has 1 aromatic heterocycles. The maximum Gasteiger partial charge on any atom is 0.321 e. The van der Waals surface area contributed by atoms with Crippen LogP contribution in [0.15, 0.2) is 55.0 Å². The number of benzene rings is 1. The van der Waals surface area contributed by atoms with Gasteiger partial charge in [0, 0.05) is 37.2 Å². The van der Waals surface area contributed by atoms with E-state index in [-0.39, 0.29) is 6.03 Å². The van der Waals surface area contributed by atoms with Crippen molar-refractivity contribution >= 4 is 12.1 Å². The summed E-state index contributed by atoms with van der Waals surface area (Å²) in [6.45, 7) is 3.28. The zero-order valence-corrected chi connectivity index (χ0v) is 14.1. The van der Waals surface area contributed by atoms with Crippen molar-refractivity contribution in [2.75, 3.05) is 20.2 Å². The highest BCUT2D eigenvalue weighted by Crippen LogP contribution is 2.18. The molecule has 1 heterocycles. The van der Waals surface area contributed by atoms with Gasteiger partial charge >= 0.3 is 6.03 Å². The Morgan fingerprint density at radius 3 is 2.71 bits per heavy atom. The maximum absolute atomic E-state index is 12.3. The third-order valence-corrected chi connectivity index (χ3v) is 3.70. The van der Waals surface area contributed by atoms with Crippen LogP contribution in [0, 0.1) is 0 Å². The number of carbonyl (C=O) groups is 1. The van der Waals surface area contributed by atoms with Gasteiger partial charge in [0.15, 0.2) is 0 Å². The Hall–Kier alpha value is -2.82. The average molecular weight is 325 g/mol. The first-order valence-electron chi connectivity index (χ1n) is 7.98. The number of urea groups is 1. The van der Waals surface area contributed by atoms with Crippen LogP contribution >= 0.6 is 0 Å². The van der Waals surface area contributed by atoms with E-state index >= 15 is 0 Å². The number of nitrogens with one attached hydrogen (secondary N) is 1. The van der Waals surface area contributed by atoms with Gasteiger partial charge in [0.25, 0.3) is 0 Å². The van der Waals surface area contributed by atoms with Crippen molar-refractivity contribution in [1.82, 2.24) is 15.2 Å². The molecule has 24 heavy (non-hydrogen) atoms. The van der Waals surface area contributed by atoms with Gasteiger partial charge < -0.3 is 15.0 Å². The third-order valence-electron chi connectivity index (χ3n) is 3.70. The number of aromatic nitrogens is 1. The number of pyridine rings is 1. The van der Waals surface area contributed by atoms with Gasteiger partial charge in [-0.3, -0.25) is 4.98 Å². The van der Waals surface area contributed by atoms with Crippen LogP contribution in [0.2, 0.25) is 0 Å². The zero-order valence-electron chi connectivity index (χ0n) is 14.1. The molecule has 0 atom stereocenters. The largest absolute Gasteiger partial charge is 0.496 e. The second kappa shape index (κ2) is 9.35. The highest BCUT2D eigenvalue weighted by Gasteiger charge is 2.09. The maximum atomic E-state index is 12.3. The van der Waals surface area contributed by atoms with Crippen LogP contribution in [-0.2, 0) is 6.42 Å². The lowest BCUT2D eigenvalue weighted by Crippen LogP contribution is -2.38. The Balaban J connectivity index is 1.88. The van der Waals surface area contributed by atoms with E-state index in [1.165, 1.54) is 5.56 Å². The van der Waals surface area contributed by atoms with Crippen LogP contribution in [0.1, 0.15) is 18.1 Å². The fraction of sp³-hybridized carbons (Fsp3) is 0.263. The van der Waals surface area contributed by atoms with Gasteiger partial charge in [-0.25, -0.2) is 4.79 Å². The molecule has 0 aliphatic rings. The number of hydrogen-bond acceptors (Lipinski definition) is 3. The molecule has 0 saturated carbocycles. The van der Waals surface area contributed by atoms with Gasteiger partial charge in [-0.2, -0.15) is 0 Å². The van der Waals surface area contributed by atoms with Crippen LogP contribution in [0.5, 0.6) is 5.75 Å². The molecule has 0 aliphatic carbocycles. The summed E-state index contributed by atoms with van der Waals surface area (Å²) in [6, 6.07) is 11.5. The second-order valence-corrected chi connectivity index (χ2v) is 5.21. The van der Waals surface area contributed by atoms with Crippen LogP contribution in [0.25, 0.3) is 6.08 Å². The molecule has 1 aromatic carbocycles. The van der Waals surface area contributed by atoms with Crippen molar-refractivity contribution in [3.63, 3.8) is 0 Å². The number of ether oxygens (including phenoxy) is 1. The van der Waals surface area contributed by atoms with Crippen molar-refractivity contribution in [2.45, 2.75) is 13.3 Å². The molecule has 2 aromatic rings. The van der Waals surface area contributed by atoms with E-state index in [9.17, 15) is 4.79 Å². The number of likely N-dealkylation sites (N-methyl/N-ethyl adjacent to an activating group) is 1. The fourth-order valence-electron chi connectivity index (χ4n) is 2.31. The monoisotopic (exact) mass is 325 g/mol. The summed E-state index contributed by atoms with van der Waals surface area (Å²) >= 11 is 0. The number of amides is 2. The standard InChI is InChI=1S/C19H23N3O2/c1-3-22(15-11-16-8-12-20-13-9-16)19(23)21-14-10-17-6-4-5-7-18(17)24-2/h4-10,12-14H,3,11,15H2,1-2H3,(H,21,23)/b14-10+. The van der Waals surface area contributed by atoms with E-state index in [4.69, 9.17) is 4.74 Å². The Morgan fingerprint density at radius 2 is 2.00 bits per heavy atom. The van der Waals surface area contributed by atoms with Crippen LogP contribution in [-0.4, -0.2) is 36.1 Å². The minimum Gasteiger partial charge on any atom is -0.496 e. The normalized spacial score (nSPS) is 10.6. The predicted octanol–water partition coefficient (Wildman–Crippen LogP) is 3.34. The molecule has 5 heteroatoms. The summed E-state index contributed by atoms with van der Waals surface area (Å²) in [5, 5.41) is 2.81. The molecule has 2 rings (SSSR count). The fourth-order valence-corrected chi connectivity index (χ4v) is 2.31. The molecule has 126 valence electrons. The molecule has 0 aliphatic heterocycles. The molecule has 2 amide bonds. The molecule has 0 spiro atoms. The zero-order chi connectivity index (χ0) is 17.2. The van der Waals surface area contributed by atoms with E-state index < -0.39 is 0 Å². The topological polar surface area (TPSA) is 54.5 Å². The van der Waals surface area contributed by atoms with Crippen molar-refractivity contribution in [3.8, 4) is 5.75 Å². The Labute approximate surface area is 143 Å². The van der Waals surface area contributed by atoms with Gasteiger partial charge in [-0.1, -0.05) is 18.2 Å². The first-order chi connectivity index (χ1) is 11.7. The molecular formula is C19H23N3O2. The Bertz CT molecular complexity index is 671. The molecule has 0 radical (unpaired) electrons. The summed E-state index contributed by atoms with van der Waals surface area (Å²) in [6.07, 6.45) is 7.81. The lowest BCUT2D eigenvalue weighted by Gasteiger charge is -2.20. The van der Waals surface area contributed by atoms with Crippen LogP contribution in [0.4, 0.5) is 4.79 Å². The molecule has 0 unspecified atom stereocenters. The highest BCUT2D eigenvalue weighted by atomic mass is 16.5. The van der Waals surface area contributed by atoms with Gasteiger partial charge in [-0.15, -0.1) is 0 Å². The van der Waals surface area contributed by atoms with Gasteiger partial charge in [-0.05, 0) is 43.2 Å². The number of methoxy groups -OCH3 is 1. The first-order valence-corrected chi connectivity index (χ1v) is 7.98. The first kappa shape index (κ1) is 17.5. The summed E-state index contributed by atoms with van der Waals surface area (Å²) in [4.78, 5) is 18.0. The van der Waals surface area contributed by atoms with Crippen molar-refractivity contribution in [2.24, 2.45) is 0 Å². The lowest BCUT2D eigenvalue weighted by molar-refractivity contribution is 0.205. The molecule has 0 bridgehead atoms. The number of rotatable bonds is 7. The molecule has 5 nitrogen and oxygen atoms in total. The number of carbonyl (C=O) groups excluding carboxylic acids is 1. The van der Waals surface area contributed by atoms with E-state index in [1.807, 2.05) is 49.4 Å². The van der Waals surface area contributed by atoms with Crippen LogP contribution < -0.4 is 10.1 Å². The average Bonchev–Trinajstić information content (AvgIpc) is 2.63. The van der Waals surface area contributed by atoms with Crippen molar-refractivity contribution < 1.29 is 9.53 Å².